The van der Waals surface area contributed by atoms with Crippen LogP contribution in [-0.4, -0.2) is 43.5 Å². The lowest BCUT2D eigenvalue weighted by Crippen LogP contribution is -2.36. The molecule has 0 amide bonds. The van der Waals surface area contributed by atoms with E-state index in [1.54, 1.807) is 18.8 Å². The number of thioether (sulfide) groups is 1. The number of hydrogen-bond acceptors (Lipinski definition) is 6. The van der Waals surface area contributed by atoms with Gasteiger partial charge in [-0.2, -0.15) is 11.8 Å². The highest BCUT2D eigenvalue weighted by Gasteiger charge is 2.19. The maximum atomic E-state index is 12.1. The Morgan fingerprint density at radius 2 is 2.00 bits per heavy atom. The lowest BCUT2D eigenvalue weighted by Gasteiger charge is -2.15. The zero-order chi connectivity index (χ0) is 13.6. The summed E-state index contributed by atoms with van der Waals surface area (Å²) < 4.78 is 26.8. The van der Waals surface area contributed by atoms with E-state index in [-0.39, 0.29) is 10.9 Å². The minimum Gasteiger partial charge on any atom is -0.357 e. The summed E-state index contributed by atoms with van der Waals surface area (Å²) in [5.41, 5.74) is 0. The van der Waals surface area contributed by atoms with E-state index >= 15 is 0 Å². The third-order valence-electron chi connectivity index (χ3n) is 2.34. The summed E-state index contributed by atoms with van der Waals surface area (Å²) in [5.74, 6) is 1.13. The molecule has 102 valence electrons. The van der Waals surface area contributed by atoms with E-state index in [4.69, 9.17) is 0 Å². The monoisotopic (exact) mass is 290 g/mol. The van der Waals surface area contributed by atoms with Crippen molar-refractivity contribution in [2.75, 3.05) is 24.4 Å². The van der Waals surface area contributed by atoms with Crippen LogP contribution in [0.5, 0.6) is 0 Å². The largest absolute Gasteiger partial charge is 0.357 e. The van der Waals surface area contributed by atoms with Crippen LogP contribution in [0.15, 0.2) is 17.3 Å². The van der Waals surface area contributed by atoms with Crippen LogP contribution in [-0.2, 0) is 10.0 Å². The van der Waals surface area contributed by atoms with E-state index in [1.807, 2.05) is 13.2 Å². The van der Waals surface area contributed by atoms with Gasteiger partial charge in [0.25, 0.3) is 0 Å². The average Bonchev–Trinajstić information content (AvgIpc) is 2.38. The summed E-state index contributed by atoms with van der Waals surface area (Å²) in [7, 11) is -1.86. The molecule has 2 N–H and O–H groups in total. The molecule has 0 radical (unpaired) electrons. The van der Waals surface area contributed by atoms with Crippen molar-refractivity contribution < 1.29 is 8.42 Å². The lowest BCUT2D eigenvalue weighted by atomic mass is 10.3. The Bertz CT molecular complexity index is 461. The number of anilines is 1. The second-order valence-electron chi connectivity index (χ2n) is 3.67. The van der Waals surface area contributed by atoms with Crippen LogP contribution in [0.2, 0.25) is 0 Å². The van der Waals surface area contributed by atoms with Crippen molar-refractivity contribution in [2.24, 2.45) is 0 Å². The van der Waals surface area contributed by atoms with Crippen molar-refractivity contribution in [3.05, 3.63) is 12.4 Å². The highest BCUT2D eigenvalue weighted by Crippen LogP contribution is 2.10. The first-order valence-corrected chi connectivity index (χ1v) is 8.42. The van der Waals surface area contributed by atoms with Gasteiger partial charge < -0.3 is 5.32 Å². The number of hydrogen-bond donors (Lipinski definition) is 2. The highest BCUT2D eigenvalue weighted by molar-refractivity contribution is 7.98. The maximum Gasteiger partial charge on any atom is 0.243 e. The molecule has 1 heterocycles. The van der Waals surface area contributed by atoms with Gasteiger partial charge in [0, 0.05) is 18.8 Å². The van der Waals surface area contributed by atoms with Crippen molar-refractivity contribution >= 4 is 27.7 Å². The predicted octanol–water partition coefficient (Wildman–Crippen LogP) is 0.938. The van der Waals surface area contributed by atoms with Crippen LogP contribution in [0.25, 0.3) is 0 Å². The Labute approximate surface area is 112 Å². The van der Waals surface area contributed by atoms with Crippen LogP contribution in [0.3, 0.4) is 0 Å². The molecule has 1 unspecified atom stereocenters. The summed E-state index contributed by atoms with van der Waals surface area (Å²) in [6.45, 7) is 1.95. The number of nitrogens with one attached hydrogen (secondary N) is 2. The normalized spacial score (nSPS) is 13.3. The first-order valence-electron chi connectivity index (χ1n) is 5.54. The van der Waals surface area contributed by atoms with Gasteiger partial charge in [-0.1, -0.05) is 6.92 Å². The maximum absolute atomic E-state index is 12.1. The van der Waals surface area contributed by atoms with Gasteiger partial charge in [0.05, 0.1) is 12.4 Å². The second kappa shape index (κ2) is 6.91. The van der Waals surface area contributed by atoms with Crippen LogP contribution in [0.1, 0.15) is 13.3 Å². The molecule has 1 aromatic heterocycles. The first-order chi connectivity index (χ1) is 8.53. The quantitative estimate of drug-likeness (QED) is 0.777. The topological polar surface area (TPSA) is 84.0 Å². The van der Waals surface area contributed by atoms with Crippen molar-refractivity contribution in [1.82, 2.24) is 14.7 Å². The Morgan fingerprint density at radius 1 is 1.39 bits per heavy atom. The van der Waals surface area contributed by atoms with Gasteiger partial charge in [0.2, 0.25) is 16.0 Å². The average molecular weight is 290 g/mol. The summed E-state index contributed by atoms with van der Waals surface area (Å²) in [4.78, 5) is 7.88. The van der Waals surface area contributed by atoms with E-state index < -0.39 is 10.0 Å². The number of rotatable bonds is 7. The van der Waals surface area contributed by atoms with Crippen molar-refractivity contribution in [2.45, 2.75) is 24.3 Å². The summed E-state index contributed by atoms with van der Waals surface area (Å²) in [5, 5.41) is 2.74. The van der Waals surface area contributed by atoms with Crippen LogP contribution >= 0.6 is 11.8 Å². The Morgan fingerprint density at radius 3 is 2.44 bits per heavy atom. The molecule has 1 atom stereocenters. The van der Waals surface area contributed by atoms with Gasteiger partial charge in [-0.3, -0.25) is 0 Å². The van der Waals surface area contributed by atoms with Gasteiger partial charge >= 0.3 is 0 Å². The van der Waals surface area contributed by atoms with Crippen molar-refractivity contribution in [3.8, 4) is 0 Å². The molecular weight excluding hydrogens is 272 g/mol. The molecule has 8 heteroatoms. The fraction of sp³-hybridized carbons (Fsp3) is 0.600. The summed E-state index contributed by atoms with van der Waals surface area (Å²) >= 11 is 1.61. The molecule has 0 aliphatic rings. The highest BCUT2D eigenvalue weighted by atomic mass is 32.2. The summed E-state index contributed by atoms with van der Waals surface area (Å²) in [6, 6.07) is -0.0750. The first kappa shape index (κ1) is 15.2. The Balaban J connectivity index is 2.84. The second-order valence-corrected chi connectivity index (χ2v) is 6.30. The number of nitrogens with zero attached hydrogens (tertiary/aromatic N) is 2. The Kier molecular flexibility index (Phi) is 5.83. The molecule has 6 nitrogen and oxygen atoms in total. The third kappa shape index (κ3) is 4.11. The molecule has 0 fully saturated rings. The van der Waals surface area contributed by atoms with Crippen molar-refractivity contribution in [1.29, 1.82) is 0 Å². The van der Waals surface area contributed by atoms with E-state index in [9.17, 15) is 8.42 Å². The minimum atomic E-state index is -3.53. The van der Waals surface area contributed by atoms with Crippen LogP contribution in [0, 0.1) is 0 Å². The van der Waals surface area contributed by atoms with Crippen LogP contribution in [0.4, 0.5) is 5.95 Å². The predicted molar refractivity (Wildman–Crippen MR) is 74.4 cm³/mol. The molecule has 0 saturated heterocycles. The zero-order valence-corrected chi connectivity index (χ0v) is 12.3. The molecule has 0 aliphatic heterocycles. The molecule has 0 aliphatic carbocycles. The Hall–Kier alpha value is -0.860. The molecule has 1 aromatic rings. The van der Waals surface area contributed by atoms with E-state index in [1.165, 1.54) is 12.4 Å². The van der Waals surface area contributed by atoms with E-state index in [0.29, 0.717) is 5.95 Å². The molecule has 0 spiro atoms. The standard InChI is InChI=1S/C10H18N4O2S2/c1-4-8(7-17-3)14-18(15,16)9-5-12-10(11-2)13-6-9/h5-6,8,14H,4,7H2,1-3H3,(H,11,12,13). The third-order valence-corrected chi connectivity index (χ3v) is 4.56. The fourth-order valence-electron chi connectivity index (χ4n) is 1.31. The lowest BCUT2D eigenvalue weighted by molar-refractivity contribution is 0.557. The SMILES string of the molecule is CCC(CSC)NS(=O)(=O)c1cnc(NC)nc1. The van der Waals surface area contributed by atoms with E-state index in [2.05, 4.69) is 20.0 Å². The minimum absolute atomic E-state index is 0.0750. The number of aromatic nitrogens is 2. The molecule has 0 saturated carbocycles. The van der Waals surface area contributed by atoms with Gasteiger partial charge in [-0.05, 0) is 12.7 Å². The fourth-order valence-corrected chi connectivity index (χ4v) is 3.34. The smallest absolute Gasteiger partial charge is 0.243 e. The van der Waals surface area contributed by atoms with Gasteiger partial charge in [-0.15, -0.1) is 0 Å². The van der Waals surface area contributed by atoms with Gasteiger partial charge in [0.1, 0.15) is 4.90 Å². The zero-order valence-electron chi connectivity index (χ0n) is 10.7. The molecule has 0 bridgehead atoms. The van der Waals surface area contributed by atoms with Gasteiger partial charge in [-0.25, -0.2) is 23.1 Å². The number of sulfonamides is 1. The van der Waals surface area contributed by atoms with Gasteiger partial charge in [0.15, 0.2) is 0 Å². The molecule has 18 heavy (non-hydrogen) atoms. The molecule has 1 rings (SSSR count). The van der Waals surface area contributed by atoms with Crippen molar-refractivity contribution in [3.63, 3.8) is 0 Å². The molecular formula is C10H18N4O2S2. The van der Waals surface area contributed by atoms with E-state index in [0.717, 1.165) is 12.2 Å². The summed E-state index contributed by atoms with van der Waals surface area (Å²) in [6.07, 6.45) is 5.29. The van der Waals surface area contributed by atoms with Crippen LogP contribution < -0.4 is 10.0 Å². The molecule has 0 aromatic carbocycles.